The van der Waals surface area contributed by atoms with Crippen LogP contribution in [0.25, 0.3) is 0 Å². The smallest absolute Gasteiger partial charge is 0.191 e. The molecule has 0 aliphatic rings. The number of aliphatic imine (C=N–C) groups is 1. The Hall–Kier alpha value is -1.15. The molecule has 2 rings (SSSR count). The average molecular weight is 472 g/mol. The predicted molar refractivity (Wildman–Crippen MR) is 119 cm³/mol. The second-order valence-electron chi connectivity index (χ2n) is 6.57. The first-order chi connectivity index (χ1) is 11.5. The van der Waals surface area contributed by atoms with Gasteiger partial charge in [-0.15, -0.1) is 35.3 Å². The normalized spacial score (nSPS) is 11.8. The molecule has 0 fully saturated rings. The molecule has 0 amide bonds. The molecule has 2 aromatic rings. The summed E-state index contributed by atoms with van der Waals surface area (Å²) in [5.41, 5.74) is 5.70. The zero-order valence-electron chi connectivity index (χ0n) is 15.7. The van der Waals surface area contributed by atoms with Crippen molar-refractivity contribution >= 4 is 41.3 Å². The van der Waals surface area contributed by atoms with Gasteiger partial charge in [0.25, 0.3) is 0 Å². The number of nitrogens with one attached hydrogen (secondary N) is 2. The SMILES string of the molecule is CCc1ccc(C(C)(C)CNC(=NC)NCc2scnc2C)cc1.I. The van der Waals surface area contributed by atoms with Crippen LogP contribution < -0.4 is 10.6 Å². The van der Waals surface area contributed by atoms with Crippen molar-refractivity contribution in [3.05, 3.63) is 51.5 Å². The van der Waals surface area contributed by atoms with Gasteiger partial charge >= 0.3 is 0 Å². The Morgan fingerprint density at radius 3 is 2.40 bits per heavy atom. The number of thiazole rings is 1. The van der Waals surface area contributed by atoms with Crippen LogP contribution >= 0.6 is 35.3 Å². The van der Waals surface area contributed by atoms with E-state index in [9.17, 15) is 0 Å². The second-order valence-corrected chi connectivity index (χ2v) is 7.51. The number of aryl methyl sites for hydroxylation is 2. The molecule has 1 heterocycles. The average Bonchev–Trinajstić information content (AvgIpc) is 3.00. The van der Waals surface area contributed by atoms with E-state index in [0.717, 1.165) is 31.2 Å². The molecular weight excluding hydrogens is 443 g/mol. The summed E-state index contributed by atoms with van der Waals surface area (Å²) in [6.07, 6.45) is 1.08. The predicted octanol–water partition coefficient (Wildman–Crippen LogP) is 4.27. The van der Waals surface area contributed by atoms with E-state index in [1.165, 1.54) is 16.0 Å². The monoisotopic (exact) mass is 472 g/mol. The van der Waals surface area contributed by atoms with Crippen LogP contribution in [0, 0.1) is 6.92 Å². The standard InChI is InChI=1S/C19H28N4S.HI/c1-6-15-7-9-16(10-8-15)19(3,4)12-22-18(20-5)21-11-17-14(2)23-13-24-17;/h7-10,13H,6,11-12H2,1-5H3,(H2,20,21,22);1H. The first-order valence-electron chi connectivity index (χ1n) is 8.39. The number of hydrogen-bond acceptors (Lipinski definition) is 3. The summed E-state index contributed by atoms with van der Waals surface area (Å²) in [6, 6.07) is 8.90. The first-order valence-corrected chi connectivity index (χ1v) is 9.27. The molecule has 0 unspecified atom stereocenters. The molecular formula is C19H29IN4S. The van der Waals surface area contributed by atoms with Gasteiger partial charge in [-0.3, -0.25) is 4.99 Å². The minimum absolute atomic E-state index is 0. The van der Waals surface area contributed by atoms with Crippen molar-refractivity contribution in [1.29, 1.82) is 0 Å². The Labute approximate surface area is 172 Å². The summed E-state index contributed by atoms with van der Waals surface area (Å²) in [5, 5.41) is 6.81. The lowest BCUT2D eigenvalue weighted by atomic mass is 9.84. The summed E-state index contributed by atoms with van der Waals surface area (Å²) >= 11 is 1.67. The fraction of sp³-hybridized carbons (Fsp3) is 0.474. The zero-order chi connectivity index (χ0) is 17.6. The second kappa shape index (κ2) is 10.1. The highest BCUT2D eigenvalue weighted by Crippen LogP contribution is 2.22. The summed E-state index contributed by atoms with van der Waals surface area (Å²) in [4.78, 5) is 9.84. The third-order valence-electron chi connectivity index (χ3n) is 4.33. The zero-order valence-corrected chi connectivity index (χ0v) is 18.9. The highest BCUT2D eigenvalue weighted by molar-refractivity contribution is 14.0. The van der Waals surface area contributed by atoms with E-state index in [1.54, 1.807) is 18.4 Å². The molecule has 0 saturated carbocycles. The molecule has 1 aromatic carbocycles. The van der Waals surface area contributed by atoms with Gasteiger partial charge in [-0.2, -0.15) is 0 Å². The fourth-order valence-corrected chi connectivity index (χ4v) is 3.20. The number of rotatable bonds is 6. The maximum Gasteiger partial charge on any atom is 0.191 e. The molecule has 25 heavy (non-hydrogen) atoms. The van der Waals surface area contributed by atoms with Crippen LogP contribution in [0.3, 0.4) is 0 Å². The van der Waals surface area contributed by atoms with Gasteiger partial charge in [0.15, 0.2) is 5.96 Å². The molecule has 0 saturated heterocycles. The molecule has 0 spiro atoms. The summed E-state index contributed by atoms with van der Waals surface area (Å²) in [6.45, 7) is 10.3. The first kappa shape index (κ1) is 21.9. The molecule has 0 aliphatic carbocycles. The Morgan fingerprint density at radius 2 is 1.88 bits per heavy atom. The van der Waals surface area contributed by atoms with Crippen molar-refractivity contribution in [2.24, 2.45) is 4.99 Å². The van der Waals surface area contributed by atoms with Crippen LogP contribution in [0.4, 0.5) is 0 Å². The molecule has 6 heteroatoms. The fourth-order valence-electron chi connectivity index (χ4n) is 2.48. The van der Waals surface area contributed by atoms with Gasteiger partial charge in [0.1, 0.15) is 0 Å². The largest absolute Gasteiger partial charge is 0.356 e. The van der Waals surface area contributed by atoms with Crippen LogP contribution in [0.15, 0.2) is 34.8 Å². The molecule has 2 N–H and O–H groups in total. The van der Waals surface area contributed by atoms with Crippen molar-refractivity contribution < 1.29 is 0 Å². The quantitative estimate of drug-likeness (QED) is 0.375. The van der Waals surface area contributed by atoms with E-state index >= 15 is 0 Å². The van der Waals surface area contributed by atoms with Crippen molar-refractivity contribution in [2.45, 2.75) is 46.1 Å². The van der Waals surface area contributed by atoms with Gasteiger partial charge in [0, 0.05) is 23.9 Å². The summed E-state index contributed by atoms with van der Waals surface area (Å²) in [7, 11) is 1.80. The highest BCUT2D eigenvalue weighted by atomic mass is 127. The Bertz CT molecular complexity index is 677. The van der Waals surface area contributed by atoms with Crippen LogP contribution in [0.5, 0.6) is 0 Å². The van der Waals surface area contributed by atoms with Gasteiger partial charge in [-0.1, -0.05) is 45.0 Å². The number of nitrogens with zero attached hydrogens (tertiary/aromatic N) is 2. The highest BCUT2D eigenvalue weighted by Gasteiger charge is 2.20. The molecule has 1 aromatic heterocycles. The van der Waals surface area contributed by atoms with Crippen LogP contribution in [-0.2, 0) is 18.4 Å². The van der Waals surface area contributed by atoms with Crippen molar-refractivity contribution in [3.63, 3.8) is 0 Å². The number of benzene rings is 1. The van der Waals surface area contributed by atoms with E-state index < -0.39 is 0 Å². The molecule has 0 aliphatic heterocycles. The van der Waals surface area contributed by atoms with E-state index in [4.69, 9.17) is 0 Å². The lowest BCUT2D eigenvalue weighted by Crippen LogP contribution is -2.43. The van der Waals surface area contributed by atoms with Gasteiger partial charge in [-0.05, 0) is 24.5 Å². The van der Waals surface area contributed by atoms with E-state index in [-0.39, 0.29) is 29.4 Å². The van der Waals surface area contributed by atoms with Crippen molar-refractivity contribution in [3.8, 4) is 0 Å². The lowest BCUT2D eigenvalue weighted by Gasteiger charge is -2.27. The number of hydrogen-bond donors (Lipinski definition) is 2. The minimum atomic E-state index is 0. The van der Waals surface area contributed by atoms with Gasteiger partial charge in [-0.25, -0.2) is 4.98 Å². The van der Waals surface area contributed by atoms with Gasteiger partial charge in [0.2, 0.25) is 0 Å². The molecule has 0 atom stereocenters. The van der Waals surface area contributed by atoms with Crippen LogP contribution in [-0.4, -0.2) is 24.5 Å². The minimum Gasteiger partial charge on any atom is -0.356 e. The van der Waals surface area contributed by atoms with E-state index in [1.807, 2.05) is 12.4 Å². The summed E-state index contributed by atoms with van der Waals surface area (Å²) in [5.74, 6) is 0.820. The molecule has 4 nitrogen and oxygen atoms in total. The van der Waals surface area contributed by atoms with Crippen molar-refractivity contribution in [2.75, 3.05) is 13.6 Å². The van der Waals surface area contributed by atoms with Crippen molar-refractivity contribution in [1.82, 2.24) is 15.6 Å². The molecule has 0 radical (unpaired) electrons. The number of halogens is 1. The third-order valence-corrected chi connectivity index (χ3v) is 5.26. The van der Waals surface area contributed by atoms with E-state index in [0.29, 0.717) is 0 Å². The van der Waals surface area contributed by atoms with Crippen LogP contribution in [0.2, 0.25) is 0 Å². The Balaban J connectivity index is 0.00000312. The van der Waals surface area contributed by atoms with Gasteiger partial charge < -0.3 is 10.6 Å². The summed E-state index contributed by atoms with van der Waals surface area (Å²) < 4.78 is 0. The number of aromatic nitrogens is 1. The topological polar surface area (TPSA) is 49.3 Å². The van der Waals surface area contributed by atoms with Gasteiger partial charge in [0.05, 0.1) is 17.7 Å². The molecule has 0 bridgehead atoms. The van der Waals surface area contributed by atoms with E-state index in [2.05, 4.69) is 65.6 Å². The Kier molecular flexibility index (Phi) is 8.85. The maximum atomic E-state index is 4.32. The lowest BCUT2D eigenvalue weighted by molar-refractivity contribution is 0.508. The Morgan fingerprint density at radius 1 is 1.20 bits per heavy atom. The van der Waals surface area contributed by atoms with Crippen LogP contribution in [0.1, 0.15) is 42.5 Å². The third kappa shape index (κ3) is 6.26. The molecule has 138 valence electrons. The number of guanidine groups is 1. The maximum absolute atomic E-state index is 4.32.